The van der Waals surface area contributed by atoms with E-state index < -0.39 is 5.60 Å². The van der Waals surface area contributed by atoms with Gasteiger partial charge in [-0.2, -0.15) is 5.10 Å². The highest BCUT2D eigenvalue weighted by molar-refractivity contribution is 5.69. The predicted molar refractivity (Wildman–Crippen MR) is 123 cm³/mol. The number of carbonyl (C=O) groups is 1. The van der Waals surface area contributed by atoms with Crippen LogP contribution in [0, 0.1) is 0 Å². The van der Waals surface area contributed by atoms with Gasteiger partial charge >= 0.3 is 6.09 Å². The second-order valence-corrected chi connectivity index (χ2v) is 10.00. The molecule has 6 nitrogen and oxygen atoms in total. The van der Waals surface area contributed by atoms with Gasteiger partial charge in [0.05, 0.1) is 6.20 Å². The van der Waals surface area contributed by atoms with Gasteiger partial charge in [0.1, 0.15) is 5.60 Å². The molecule has 6 heteroatoms. The van der Waals surface area contributed by atoms with Gasteiger partial charge < -0.3 is 9.64 Å². The Balaban J connectivity index is 1.44. The number of rotatable bonds is 4. The first-order valence-corrected chi connectivity index (χ1v) is 11.7. The SMILES string of the molecule is CC(C)(C)OC(=O)N1CCC[C@@H](c2[nH]ncc2-c2ccc(CN3CCCCC3)cc2)C1. The fourth-order valence-corrected chi connectivity index (χ4v) is 4.71. The molecule has 0 spiro atoms. The maximum atomic E-state index is 12.6. The summed E-state index contributed by atoms with van der Waals surface area (Å²) in [4.78, 5) is 16.9. The van der Waals surface area contributed by atoms with Crippen molar-refractivity contribution in [2.24, 2.45) is 0 Å². The van der Waals surface area contributed by atoms with Gasteiger partial charge in [-0.15, -0.1) is 0 Å². The minimum atomic E-state index is -0.473. The largest absolute Gasteiger partial charge is 0.444 e. The van der Waals surface area contributed by atoms with E-state index in [0.29, 0.717) is 6.54 Å². The summed E-state index contributed by atoms with van der Waals surface area (Å²) >= 11 is 0. The van der Waals surface area contributed by atoms with Crippen molar-refractivity contribution in [1.29, 1.82) is 0 Å². The van der Waals surface area contributed by atoms with Gasteiger partial charge in [0, 0.05) is 36.8 Å². The topological polar surface area (TPSA) is 61.5 Å². The summed E-state index contributed by atoms with van der Waals surface area (Å²) in [7, 11) is 0. The maximum absolute atomic E-state index is 12.6. The summed E-state index contributed by atoms with van der Waals surface area (Å²) in [6, 6.07) is 8.91. The lowest BCUT2D eigenvalue weighted by Gasteiger charge is -2.34. The Morgan fingerprint density at radius 3 is 2.55 bits per heavy atom. The van der Waals surface area contributed by atoms with Gasteiger partial charge in [0.25, 0.3) is 0 Å². The molecule has 1 amide bonds. The number of hydrogen-bond donors (Lipinski definition) is 1. The molecule has 0 bridgehead atoms. The Labute approximate surface area is 186 Å². The number of piperidine rings is 2. The molecule has 4 rings (SSSR count). The molecule has 1 N–H and O–H groups in total. The van der Waals surface area contributed by atoms with Crippen LogP contribution in [-0.4, -0.2) is 57.9 Å². The van der Waals surface area contributed by atoms with Gasteiger partial charge in [-0.3, -0.25) is 10.00 Å². The molecule has 168 valence electrons. The Morgan fingerprint density at radius 1 is 1.10 bits per heavy atom. The smallest absolute Gasteiger partial charge is 0.410 e. The number of aromatic amines is 1. The molecule has 1 aromatic heterocycles. The molecular weight excluding hydrogens is 388 g/mol. The Bertz CT molecular complexity index is 862. The molecule has 1 atom stereocenters. The van der Waals surface area contributed by atoms with E-state index in [1.54, 1.807) is 0 Å². The number of nitrogens with zero attached hydrogens (tertiary/aromatic N) is 3. The lowest BCUT2D eigenvalue weighted by Crippen LogP contribution is -2.42. The Hall–Kier alpha value is -2.34. The molecule has 31 heavy (non-hydrogen) atoms. The molecule has 0 unspecified atom stereocenters. The van der Waals surface area contributed by atoms with Crippen molar-refractivity contribution < 1.29 is 9.53 Å². The van der Waals surface area contributed by atoms with Crippen molar-refractivity contribution in [3.8, 4) is 11.1 Å². The zero-order valence-electron chi connectivity index (χ0n) is 19.2. The van der Waals surface area contributed by atoms with E-state index >= 15 is 0 Å². The molecule has 2 aromatic rings. The number of ether oxygens (including phenoxy) is 1. The van der Waals surface area contributed by atoms with Crippen LogP contribution < -0.4 is 0 Å². The normalized spacial score (nSPS) is 20.6. The first-order chi connectivity index (χ1) is 14.9. The first-order valence-electron chi connectivity index (χ1n) is 11.7. The summed E-state index contributed by atoms with van der Waals surface area (Å²) in [5, 5.41) is 7.58. The van der Waals surface area contributed by atoms with Crippen molar-refractivity contribution in [2.75, 3.05) is 26.2 Å². The summed E-state index contributed by atoms with van der Waals surface area (Å²) < 4.78 is 5.59. The number of carbonyl (C=O) groups excluding carboxylic acids is 1. The van der Waals surface area contributed by atoms with Crippen LogP contribution in [0.15, 0.2) is 30.5 Å². The fraction of sp³-hybridized carbons (Fsp3) is 0.600. The van der Waals surface area contributed by atoms with Gasteiger partial charge in [-0.05, 0) is 70.7 Å². The van der Waals surface area contributed by atoms with Crippen LogP contribution in [0.5, 0.6) is 0 Å². The van der Waals surface area contributed by atoms with Crippen LogP contribution in [-0.2, 0) is 11.3 Å². The van der Waals surface area contributed by atoms with Gasteiger partial charge in [0.2, 0.25) is 0 Å². The third-order valence-electron chi connectivity index (χ3n) is 6.27. The first kappa shape index (κ1) is 21.9. The third kappa shape index (κ3) is 5.67. The van der Waals surface area contributed by atoms with Crippen LogP contribution >= 0.6 is 0 Å². The van der Waals surface area contributed by atoms with Crippen LogP contribution in [0.1, 0.15) is 70.1 Å². The van der Waals surface area contributed by atoms with Crippen molar-refractivity contribution in [3.05, 3.63) is 41.7 Å². The molecule has 0 aliphatic carbocycles. The second-order valence-electron chi connectivity index (χ2n) is 10.00. The summed E-state index contributed by atoms with van der Waals surface area (Å²) in [6.07, 6.45) is 7.71. The number of likely N-dealkylation sites (tertiary alicyclic amines) is 2. The number of amides is 1. The third-order valence-corrected chi connectivity index (χ3v) is 6.27. The van der Waals surface area contributed by atoms with E-state index in [9.17, 15) is 4.79 Å². The molecular formula is C25H36N4O2. The minimum absolute atomic E-state index is 0.222. The van der Waals surface area contributed by atoms with Gasteiger partial charge in [-0.1, -0.05) is 30.7 Å². The molecule has 0 saturated carbocycles. The highest BCUT2D eigenvalue weighted by atomic mass is 16.6. The van der Waals surface area contributed by atoms with Crippen molar-refractivity contribution in [1.82, 2.24) is 20.0 Å². The number of nitrogens with one attached hydrogen (secondary N) is 1. The summed E-state index contributed by atoms with van der Waals surface area (Å²) in [5.41, 5.74) is 4.33. The average Bonchev–Trinajstić information content (AvgIpc) is 3.24. The van der Waals surface area contributed by atoms with E-state index in [1.807, 2.05) is 31.9 Å². The van der Waals surface area contributed by atoms with Crippen LogP contribution in [0.3, 0.4) is 0 Å². The lowest BCUT2D eigenvalue weighted by molar-refractivity contribution is 0.0197. The maximum Gasteiger partial charge on any atom is 0.410 e. The predicted octanol–water partition coefficient (Wildman–Crippen LogP) is 5.18. The quantitative estimate of drug-likeness (QED) is 0.735. The molecule has 2 aliphatic heterocycles. The van der Waals surface area contributed by atoms with E-state index in [-0.39, 0.29) is 12.0 Å². The number of H-pyrrole nitrogens is 1. The van der Waals surface area contributed by atoms with Gasteiger partial charge in [-0.25, -0.2) is 4.79 Å². The standard InChI is InChI=1S/C25H36N4O2/c1-25(2,3)31-24(30)29-15-7-8-21(18-29)23-22(16-26-27-23)20-11-9-19(10-12-20)17-28-13-5-4-6-14-28/h9-12,16,21H,4-8,13-15,17-18H2,1-3H3,(H,26,27)/t21-/m1/s1. The van der Waals surface area contributed by atoms with E-state index in [2.05, 4.69) is 39.4 Å². The number of hydrogen-bond acceptors (Lipinski definition) is 4. The average molecular weight is 425 g/mol. The molecule has 2 aliphatic rings. The van der Waals surface area contributed by atoms with Crippen molar-refractivity contribution >= 4 is 6.09 Å². The zero-order chi connectivity index (χ0) is 21.8. The molecule has 2 saturated heterocycles. The minimum Gasteiger partial charge on any atom is -0.444 e. The summed E-state index contributed by atoms with van der Waals surface area (Å²) in [5.74, 6) is 0.242. The summed E-state index contributed by atoms with van der Waals surface area (Å²) in [6.45, 7) is 10.6. The van der Waals surface area contributed by atoms with Crippen LogP contribution in [0.2, 0.25) is 0 Å². The highest BCUT2D eigenvalue weighted by Crippen LogP contribution is 2.33. The monoisotopic (exact) mass is 424 g/mol. The second kappa shape index (κ2) is 9.43. The molecule has 1 aromatic carbocycles. The molecule has 0 radical (unpaired) electrons. The van der Waals surface area contributed by atoms with E-state index in [0.717, 1.165) is 37.2 Å². The highest BCUT2D eigenvalue weighted by Gasteiger charge is 2.30. The lowest BCUT2D eigenvalue weighted by atomic mass is 9.90. The van der Waals surface area contributed by atoms with Crippen molar-refractivity contribution in [3.63, 3.8) is 0 Å². The fourth-order valence-electron chi connectivity index (χ4n) is 4.71. The Kier molecular flexibility index (Phi) is 6.65. The van der Waals surface area contributed by atoms with E-state index in [1.165, 1.54) is 43.5 Å². The van der Waals surface area contributed by atoms with Crippen LogP contribution in [0.25, 0.3) is 11.1 Å². The number of benzene rings is 1. The molecule has 3 heterocycles. The van der Waals surface area contributed by atoms with Crippen LogP contribution in [0.4, 0.5) is 4.79 Å². The number of aromatic nitrogens is 2. The molecule has 2 fully saturated rings. The Morgan fingerprint density at radius 2 is 1.84 bits per heavy atom. The zero-order valence-corrected chi connectivity index (χ0v) is 19.2. The van der Waals surface area contributed by atoms with Gasteiger partial charge in [0.15, 0.2) is 0 Å². The van der Waals surface area contributed by atoms with Crippen molar-refractivity contribution in [2.45, 2.75) is 70.9 Å². The van der Waals surface area contributed by atoms with E-state index in [4.69, 9.17) is 4.74 Å².